The lowest BCUT2D eigenvalue weighted by molar-refractivity contribution is -0.139. The summed E-state index contributed by atoms with van der Waals surface area (Å²) in [6, 6.07) is 4.21. The number of hydrogen-bond donors (Lipinski definition) is 2. The van der Waals surface area contributed by atoms with Crippen molar-refractivity contribution in [2.24, 2.45) is 0 Å². The first kappa shape index (κ1) is 21.4. The molecule has 1 unspecified atom stereocenters. The summed E-state index contributed by atoms with van der Waals surface area (Å²) in [6.45, 7) is 2.04. The molecular formula is C21H19Cl2N3O5. The number of amides is 2. The number of nitrogens with zero attached hydrogens (tertiary/aromatic N) is 2. The Kier molecular flexibility index (Phi) is 5.77. The molecule has 2 amide bonds. The van der Waals surface area contributed by atoms with Gasteiger partial charge in [0.05, 0.1) is 15.6 Å². The molecule has 2 aliphatic heterocycles. The minimum absolute atomic E-state index is 0.0376. The third-order valence-electron chi connectivity index (χ3n) is 5.45. The number of carboxylic acids is 1. The van der Waals surface area contributed by atoms with Crippen molar-refractivity contribution in [3.8, 4) is 5.88 Å². The maximum atomic E-state index is 13.0. The molecule has 0 fully saturated rings. The van der Waals surface area contributed by atoms with Crippen LogP contribution in [0.4, 0.5) is 0 Å². The number of carboxylic acid groups (broad SMARTS) is 1. The number of pyridine rings is 1. The molecule has 10 heteroatoms. The first-order valence-corrected chi connectivity index (χ1v) is 10.4. The zero-order valence-electron chi connectivity index (χ0n) is 16.5. The summed E-state index contributed by atoms with van der Waals surface area (Å²) in [7, 11) is 0. The molecule has 0 saturated heterocycles. The van der Waals surface area contributed by atoms with E-state index in [1.165, 1.54) is 6.92 Å². The summed E-state index contributed by atoms with van der Waals surface area (Å²) in [5.41, 5.74) is 2.40. The second kappa shape index (κ2) is 8.36. The standard InChI is InChI=1S/C21H19Cl2N3O5/c1-10(21(29)30)25-18(27)16-14(22)7-12-9-26(6-4-13(12)17(16)23)20(28)15-8-11-3-2-5-24-19(11)31-15/h2-3,5,7,10,15H,4,6,8-9H2,1H3,(H,25,27)(H,29,30)/t10-,15?/m0/s1. The van der Waals surface area contributed by atoms with E-state index >= 15 is 0 Å². The van der Waals surface area contributed by atoms with Crippen LogP contribution in [0.5, 0.6) is 5.88 Å². The average molecular weight is 464 g/mol. The predicted octanol–water partition coefficient (Wildman–Crippen LogP) is 2.48. The first-order valence-electron chi connectivity index (χ1n) is 9.69. The van der Waals surface area contributed by atoms with Gasteiger partial charge in [-0.15, -0.1) is 0 Å². The van der Waals surface area contributed by atoms with Crippen LogP contribution in [0.1, 0.15) is 34.0 Å². The Labute approximate surface area is 188 Å². The molecule has 162 valence electrons. The zero-order valence-corrected chi connectivity index (χ0v) is 18.0. The van der Waals surface area contributed by atoms with Crippen molar-refractivity contribution in [2.75, 3.05) is 6.54 Å². The molecule has 3 heterocycles. The van der Waals surface area contributed by atoms with Crippen LogP contribution in [0.25, 0.3) is 0 Å². The first-order chi connectivity index (χ1) is 14.8. The van der Waals surface area contributed by atoms with Gasteiger partial charge in [-0.1, -0.05) is 29.3 Å². The summed E-state index contributed by atoms with van der Waals surface area (Å²) in [5.74, 6) is -1.49. The van der Waals surface area contributed by atoms with E-state index in [0.717, 1.165) is 16.7 Å². The molecule has 1 aromatic heterocycles. The summed E-state index contributed by atoms with van der Waals surface area (Å²) in [5, 5.41) is 11.6. The summed E-state index contributed by atoms with van der Waals surface area (Å²) >= 11 is 12.8. The van der Waals surface area contributed by atoms with Crippen LogP contribution in [0, 0.1) is 0 Å². The van der Waals surface area contributed by atoms with Gasteiger partial charge in [-0.2, -0.15) is 0 Å². The van der Waals surface area contributed by atoms with E-state index in [4.69, 9.17) is 33.0 Å². The van der Waals surface area contributed by atoms with Gasteiger partial charge in [-0.05, 0) is 36.6 Å². The van der Waals surface area contributed by atoms with Crippen molar-refractivity contribution in [3.05, 3.63) is 56.7 Å². The van der Waals surface area contributed by atoms with Crippen molar-refractivity contribution in [3.63, 3.8) is 0 Å². The molecule has 0 spiro atoms. The van der Waals surface area contributed by atoms with Crippen molar-refractivity contribution in [1.29, 1.82) is 0 Å². The van der Waals surface area contributed by atoms with Crippen molar-refractivity contribution in [2.45, 2.75) is 38.5 Å². The summed E-state index contributed by atoms with van der Waals surface area (Å²) in [4.78, 5) is 42.4. The van der Waals surface area contributed by atoms with Gasteiger partial charge in [-0.3, -0.25) is 14.4 Å². The van der Waals surface area contributed by atoms with E-state index in [1.807, 2.05) is 6.07 Å². The number of ether oxygens (including phenoxy) is 1. The van der Waals surface area contributed by atoms with Gasteiger partial charge in [-0.25, -0.2) is 4.98 Å². The van der Waals surface area contributed by atoms with Crippen LogP contribution in [0.2, 0.25) is 10.0 Å². The maximum Gasteiger partial charge on any atom is 0.325 e. The Hall–Kier alpha value is -2.84. The van der Waals surface area contributed by atoms with Crippen LogP contribution in [-0.2, 0) is 29.0 Å². The Morgan fingerprint density at radius 3 is 2.81 bits per heavy atom. The highest BCUT2D eigenvalue weighted by Gasteiger charge is 2.35. The van der Waals surface area contributed by atoms with Crippen LogP contribution in [-0.4, -0.2) is 51.5 Å². The number of aromatic nitrogens is 1. The highest BCUT2D eigenvalue weighted by atomic mass is 35.5. The molecular weight excluding hydrogens is 445 g/mol. The SMILES string of the molecule is C[C@H](NC(=O)c1c(Cl)cc2c(c1Cl)CCN(C(=O)C1Cc3cccnc3O1)C2)C(=O)O. The molecule has 0 bridgehead atoms. The Balaban J connectivity index is 1.52. The molecule has 2 aliphatic rings. The second-order valence-corrected chi connectivity index (χ2v) is 8.29. The third kappa shape index (κ3) is 4.05. The molecule has 0 radical (unpaired) electrons. The van der Waals surface area contributed by atoms with Crippen molar-refractivity contribution in [1.82, 2.24) is 15.2 Å². The molecule has 8 nitrogen and oxygen atoms in total. The lowest BCUT2D eigenvalue weighted by atomic mass is 9.96. The Bertz CT molecular complexity index is 1070. The number of carbonyl (C=O) groups is 3. The fourth-order valence-corrected chi connectivity index (χ4v) is 4.55. The predicted molar refractivity (Wildman–Crippen MR) is 113 cm³/mol. The topological polar surface area (TPSA) is 109 Å². The molecule has 4 rings (SSSR count). The van der Waals surface area contributed by atoms with E-state index in [9.17, 15) is 14.4 Å². The number of aliphatic carboxylic acids is 1. The van der Waals surface area contributed by atoms with Crippen molar-refractivity contribution >= 4 is 41.0 Å². The zero-order chi connectivity index (χ0) is 22.3. The molecule has 0 saturated carbocycles. The molecule has 0 aliphatic carbocycles. The maximum absolute atomic E-state index is 13.0. The van der Waals surface area contributed by atoms with Gasteiger partial charge in [0.25, 0.3) is 11.8 Å². The lowest BCUT2D eigenvalue weighted by Crippen LogP contribution is -2.44. The highest BCUT2D eigenvalue weighted by Crippen LogP contribution is 2.35. The highest BCUT2D eigenvalue weighted by molar-refractivity contribution is 6.40. The van der Waals surface area contributed by atoms with Gasteiger partial charge in [0, 0.05) is 31.3 Å². The third-order valence-corrected chi connectivity index (χ3v) is 6.16. The molecule has 31 heavy (non-hydrogen) atoms. The van der Waals surface area contributed by atoms with Crippen LogP contribution >= 0.6 is 23.2 Å². The lowest BCUT2D eigenvalue weighted by Gasteiger charge is -2.31. The van der Waals surface area contributed by atoms with E-state index in [2.05, 4.69) is 10.3 Å². The second-order valence-electron chi connectivity index (χ2n) is 7.51. The van der Waals surface area contributed by atoms with E-state index in [-0.39, 0.29) is 28.1 Å². The van der Waals surface area contributed by atoms with Crippen LogP contribution in [0.15, 0.2) is 24.4 Å². The van der Waals surface area contributed by atoms with Gasteiger partial charge in [0.15, 0.2) is 6.10 Å². The van der Waals surface area contributed by atoms with Crippen LogP contribution < -0.4 is 10.1 Å². The van der Waals surface area contributed by atoms with Gasteiger partial charge >= 0.3 is 5.97 Å². The smallest absolute Gasteiger partial charge is 0.325 e. The van der Waals surface area contributed by atoms with Gasteiger partial charge in [0.1, 0.15) is 6.04 Å². The fraction of sp³-hybridized carbons (Fsp3) is 0.333. The number of nitrogens with one attached hydrogen (secondary N) is 1. The Morgan fingerprint density at radius 1 is 1.32 bits per heavy atom. The summed E-state index contributed by atoms with van der Waals surface area (Å²) in [6.07, 6.45) is 1.90. The van der Waals surface area contributed by atoms with E-state index < -0.39 is 24.0 Å². The minimum Gasteiger partial charge on any atom is -0.480 e. The summed E-state index contributed by atoms with van der Waals surface area (Å²) < 4.78 is 5.71. The number of hydrogen-bond acceptors (Lipinski definition) is 5. The number of rotatable bonds is 4. The monoisotopic (exact) mass is 463 g/mol. The van der Waals surface area contributed by atoms with Gasteiger partial charge < -0.3 is 20.1 Å². The van der Waals surface area contributed by atoms with E-state index in [0.29, 0.717) is 25.3 Å². The largest absolute Gasteiger partial charge is 0.480 e. The molecule has 2 atom stereocenters. The number of fused-ring (bicyclic) bond motifs is 2. The quantitative estimate of drug-likeness (QED) is 0.720. The van der Waals surface area contributed by atoms with Gasteiger partial charge in [0.2, 0.25) is 5.88 Å². The Morgan fingerprint density at radius 2 is 2.10 bits per heavy atom. The van der Waals surface area contributed by atoms with Crippen LogP contribution in [0.3, 0.4) is 0 Å². The molecule has 2 aromatic rings. The number of halogens is 2. The fourth-order valence-electron chi connectivity index (χ4n) is 3.78. The minimum atomic E-state index is -1.17. The average Bonchev–Trinajstić information content (AvgIpc) is 3.16. The normalized spacial score (nSPS) is 17.9. The number of benzene rings is 1. The number of carbonyl (C=O) groups excluding carboxylic acids is 2. The van der Waals surface area contributed by atoms with Crippen molar-refractivity contribution < 1.29 is 24.2 Å². The van der Waals surface area contributed by atoms with E-state index in [1.54, 1.807) is 23.2 Å². The molecule has 2 N–H and O–H groups in total. The molecule has 1 aromatic carbocycles.